The first-order valence-corrected chi connectivity index (χ1v) is 8.45. The molecule has 0 radical (unpaired) electrons. The predicted molar refractivity (Wildman–Crippen MR) is 121 cm³/mol. The first-order chi connectivity index (χ1) is 12.9. The van der Waals surface area contributed by atoms with Gasteiger partial charge in [0.05, 0.1) is 26.4 Å². The van der Waals surface area contributed by atoms with Crippen LogP contribution in [0.1, 0.15) is 14.9 Å². The number of hydrogen-bond acceptors (Lipinski definition) is 7. The van der Waals surface area contributed by atoms with Gasteiger partial charge in [0.1, 0.15) is 0 Å². The molecule has 6 N–H and O–H groups in total. The van der Waals surface area contributed by atoms with E-state index in [1.165, 1.54) is 12.2 Å². The van der Waals surface area contributed by atoms with Crippen molar-refractivity contribution in [1.82, 2.24) is 10.6 Å². The van der Waals surface area contributed by atoms with Gasteiger partial charge < -0.3 is 31.6 Å². The molecule has 2 amide bonds. The molecule has 0 aliphatic carbocycles. The number of nitrogens with two attached hydrogens (primary N) is 2. The maximum atomic E-state index is 10.7. The Balaban J connectivity index is -0.000000115. The van der Waals surface area contributed by atoms with E-state index in [2.05, 4.69) is 30.4 Å². The van der Waals surface area contributed by atoms with Gasteiger partial charge in [0.2, 0.25) is 17.1 Å². The van der Waals surface area contributed by atoms with Gasteiger partial charge in [-0.1, -0.05) is 34.6 Å². The fraction of sp³-hybridized carbons (Fsp3) is 0.526. The van der Waals surface area contributed by atoms with E-state index in [0.717, 1.165) is 6.08 Å². The molecule has 29 heavy (non-hydrogen) atoms. The second-order valence-corrected chi connectivity index (χ2v) is 4.67. The molecule has 0 unspecified atom stereocenters. The number of ether oxygens (including phenoxy) is 2. The van der Waals surface area contributed by atoms with Gasteiger partial charge in [0.15, 0.2) is 0 Å². The van der Waals surface area contributed by atoms with Crippen LogP contribution in [-0.4, -0.2) is 69.7 Å². The number of halogens is 1. The summed E-state index contributed by atoms with van der Waals surface area (Å²) in [6.07, 6.45) is 3.44. The number of carbonyl (C=O) groups excluding carboxylic acids is 3. The lowest BCUT2D eigenvalue weighted by Crippen LogP contribution is -2.28. The van der Waals surface area contributed by atoms with Crippen LogP contribution in [-0.2, 0) is 23.9 Å². The average molecular weight is 439 g/mol. The minimum Gasteiger partial charge on any atom is -0.379 e. The lowest BCUT2D eigenvalue weighted by molar-refractivity contribution is -0.117. The van der Waals surface area contributed by atoms with Gasteiger partial charge in [-0.25, -0.2) is 0 Å². The first-order valence-electron chi connectivity index (χ1n) is 8.07. The van der Waals surface area contributed by atoms with Crippen molar-refractivity contribution in [2.75, 3.05) is 52.6 Å². The third kappa shape index (κ3) is 46.2. The number of hydrogen-bond donors (Lipinski definition) is 4. The highest BCUT2D eigenvalue weighted by Gasteiger charge is 1.94. The van der Waals surface area contributed by atoms with E-state index in [0.29, 0.717) is 52.6 Å². The topological polar surface area (TPSA) is 146 Å². The van der Waals surface area contributed by atoms with E-state index in [-0.39, 0.29) is 26.7 Å². The summed E-state index contributed by atoms with van der Waals surface area (Å²) in [6.45, 7) is 13.8. The fourth-order valence-electron chi connectivity index (χ4n) is 1.01. The van der Waals surface area contributed by atoms with Crippen LogP contribution in [0.2, 0.25) is 0 Å². The molecule has 0 aromatic carbocycles. The molecule has 10 heteroatoms. The highest BCUT2D eigenvalue weighted by molar-refractivity contribution is 6.66. The average Bonchev–Trinajstić information content (AvgIpc) is 2.68. The Morgan fingerprint density at radius 3 is 1.31 bits per heavy atom. The SMILES string of the molecule is C.C.C=CC(=O)Cl.C=CC(=O)NCCOCCNC(=O)C=C.NCCOCCN. The maximum Gasteiger partial charge on any atom is 0.244 e. The molecular weight excluding hydrogens is 400 g/mol. The third-order valence-corrected chi connectivity index (χ3v) is 2.30. The van der Waals surface area contributed by atoms with Crippen molar-refractivity contribution < 1.29 is 23.9 Å². The molecule has 0 bridgehead atoms. The van der Waals surface area contributed by atoms with Crippen molar-refractivity contribution in [1.29, 1.82) is 0 Å². The van der Waals surface area contributed by atoms with Crippen LogP contribution in [0.25, 0.3) is 0 Å². The van der Waals surface area contributed by atoms with Crippen molar-refractivity contribution in [2.45, 2.75) is 14.9 Å². The summed E-state index contributed by atoms with van der Waals surface area (Å²) in [7, 11) is 0. The lowest BCUT2D eigenvalue weighted by atomic mass is 10.5. The summed E-state index contributed by atoms with van der Waals surface area (Å²) >= 11 is 4.71. The number of rotatable bonds is 13. The standard InChI is InChI=1S/C10H16N2O3.C4H12N2O.C3H3ClO.2CH4/c1-3-9(13)11-5-7-15-8-6-12-10(14)4-2;5-1-3-7-4-2-6;1-2-3(4)5;;/h3-4H,1-2,5-8H2,(H,11,13)(H,12,14);1-6H2;2H,1H2;2*1H4. The molecule has 0 aliphatic rings. The molecule has 0 saturated heterocycles. The van der Waals surface area contributed by atoms with Crippen molar-refractivity contribution in [3.63, 3.8) is 0 Å². The van der Waals surface area contributed by atoms with Crippen molar-refractivity contribution >= 4 is 28.7 Å². The van der Waals surface area contributed by atoms with Crippen LogP contribution >= 0.6 is 11.6 Å². The van der Waals surface area contributed by atoms with Gasteiger partial charge in [-0.15, -0.1) is 0 Å². The van der Waals surface area contributed by atoms with E-state index < -0.39 is 5.24 Å². The fourth-order valence-corrected chi connectivity index (χ4v) is 1.01. The van der Waals surface area contributed by atoms with Crippen molar-refractivity contribution in [3.8, 4) is 0 Å². The van der Waals surface area contributed by atoms with Crippen molar-refractivity contribution in [3.05, 3.63) is 38.0 Å². The Kier molecular flexibility index (Phi) is 43.6. The Morgan fingerprint density at radius 2 is 1.07 bits per heavy atom. The summed E-state index contributed by atoms with van der Waals surface area (Å²) in [5.74, 6) is -0.447. The second-order valence-electron chi connectivity index (χ2n) is 4.30. The highest BCUT2D eigenvalue weighted by Crippen LogP contribution is 1.75. The zero-order chi connectivity index (χ0) is 21.3. The summed E-state index contributed by atoms with van der Waals surface area (Å²) in [4.78, 5) is 30.8. The van der Waals surface area contributed by atoms with Gasteiger partial charge in [-0.2, -0.15) is 0 Å². The Labute approximate surface area is 180 Å². The van der Waals surface area contributed by atoms with Gasteiger partial charge in [0.25, 0.3) is 0 Å². The molecule has 0 heterocycles. The summed E-state index contributed by atoms with van der Waals surface area (Å²) < 4.78 is 10.0. The van der Waals surface area contributed by atoms with Crippen LogP contribution < -0.4 is 22.1 Å². The van der Waals surface area contributed by atoms with Gasteiger partial charge in [-0.05, 0) is 29.8 Å². The maximum absolute atomic E-state index is 10.7. The van der Waals surface area contributed by atoms with E-state index in [4.69, 9.17) is 32.5 Å². The summed E-state index contributed by atoms with van der Waals surface area (Å²) in [6, 6.07) is 0. The molecule has 0 aromatic rings. The Bertz CT molecular complexity index is 407. The van der Waals surface area contributed by atoms with Crippen LogP contribution in [0.5, 0.6) is 0 Å². The van der Waals surface area contributed by atoms with Crippen LogP contribution in [0.4, 0.5) is 0 Å². The smallest absolute Gasteiger partial charge is 0.244 e. The second kappa shape index (κ2) is 33.5. The molecule has 0 fully saturated rings. The number of carbonyl (C=O) groups is 3. The molecule has 9 nitrogen and oxygen atoms in total. The van der Waals surface area contributed by atoms with E-state index in [1.807, 2.05) is 0 Å². The Morgan fingerprint density at radius 1 is 0.759 bits per heavy atom. The van der Waals surface area contributed by atoms with Crippen LogP contribution in [0.15, 0.2) is 38.0 Å². The van der Waals surface area contributed by atoms with E-state index in [1.54, 1.807) is 0 Å². The van der Waals surface area contributed by atoms with Crippen LogP contribution in [0.3, 0.4) is 0 Å². The monoisotopic (exact) mass is 438 g/mol. The molecule has 0 aromatic heterocycles. The highest BCUT2D eigenvalue weighted by atomic mass is 35.5. The van der Waals surface area contributed by atoms with Gasteiger partial charge >= 0.3 is 0 Å². The molecular formula is C19H39ClN4O5. The first kappa shape index (κ1) is 37.7. The third-order valence-electron chi connectivity index (χ3n) is 2.15. The zero-order valence-corrected chi connectivity index (χ0v) is 16.3. The molecule has 0 atom stereocenters. The Hall–Kier alpha value is -2.04. The molecule has 0 rings (SSSR count). The zero-order valence-electron chi connectivity index (χ0n) is 15.6. The van der Waals surface area contributed by atoms with Gasteiger partial charge in [0, 0.05) is 26.2 Å². The van der Waals surface area contributed by atoms with E-state index >= 15 is 0 Å². The van der Waals surface area contributed by atoms with Crippen molar-refractivity contribution in [2.24, 2.45) is 11.5 Å². The normalized spacial score (nSPS) is 8.10. The van der Waals surface area contributed by atoms with Gasteiger partial charge in [-0.3, -0.25) is 14.4 Å². The van der Waals surface area contributed by atoms with E-state index in [9.17, 15) is 14.4 Å². The number of nitrogens with one attached hydrogen (secondary N) is 2. The molecule has 0 spiro atoms. The predicted octanol–water partition coefficient (Wildman–Crippen LogP) is 0.738. The molecule has 0 saturated carbocycles. The summed E-state index contributed by atoms with van der Waals surface area (Å²) in [5, 5.41) is 4.61. The minimum absolute atomic E-state index is 0. The van der Waals surface area contributed by atoms with Crippen LogP contribution in [0, 0.1) is 0 Å². The molecule has 172 valence electrons. The minimum atomic E-state index is -0.509. The quantitative estimate of drug-likeness (QED) is 0.188. The molecule has 0 aliphatic heterocycles. The largest absolute Gasteiger partial charge is 0.379 e. The summed E-state index contributed by atoms with van der Waals surface area (Å²) in [5.41, 5.74) is 10.2. The lowest BCUT2D eigenvalue weighted by Gasteiger charge is -2.05. The number of allylic oxidation sites excluding steroid dienone is 1. The number of amides is 2.